The van der Waals surface area contributed by atoms with Crippen LogP contribution in [-0.4, -0.2) is 16.3 Å². The minimum atomic E-state index is -0.559. The number of hydrogen-bond donors (Lipinski definition) is 3. The highest BCUT2D eigenvalue weighted by Crippen LogP contribution is 2.22. The molecule has 0 radical (unpaired) electrons. The molecule has 0 amide bonds. The first-order valence-corrected chi connectivity index (χ1v) is 6.64. The number of phenolic OH excluding ortho intramolecular Hbond substituents is 2. The maximum absolute atomic E-state index is 13.5. The van der Waals surface area contributed by atoms with Gasteiger partial charge in [-0.25, -0.2) is 8.78 Å². The van der Waals surface area contributed by atoms with Gasteiger partial charge in [-0.15, -0.1) is 0 Å². The van der Waals surface area contributed by atoms with Gasteiger partial charge >= 0.3 is 0 Å². The first-order chi connectivity index (χ1) is 9.97. The van der Waals surface area contributed by atoms with E-state index in [4.69, 9.17) is 0 Å². The maximum Gasteiger partial charge on any atom is 0.129 e. The van der Waals surface area contributed by atoms with Gasteiger partial charge in [-0.2, -0.15) is 0 Å². The lowest BCUT2D eigenvalue weighted by Gasteiger charge is -2.15. The highest BCUT2D eigenvalue weighted by Gasteiger charge is 2.12. The molecule has 0 saturated heterocycles. The van der Waals surface area contributed by atoms with Crippen molar-refractivity contribution in [2.75, 3.05) is 0 Å². The molecule has 0 fully saturated rings. The molecule has 0 spiro atoms. The van der Waals surface area contributed by atoms with E-state index < -0.39 is 11.6 Å². The summed E-state index contributed by atoms with van der Waals surface area (Å²) in [6, 6.07) is 7.93. The van der Waals surface area contributed by atoms with Crippen LogP contribution in [0.3, 0.4) is 0 Å². The normalized spacial score (nSPS) is 12.3. The van der Waals surface area contributed by atoms with Gasteiger partial charge in [0.2, 0.25) is 0 Å². The van der Waals surface area contributed by atoms with Gasteiger partial charge in [0, 0.05) is 29.8 Å². The fourth-order valence-electron chi connectivity index (χ4n) is 2.09. The third-order valence-corrected chi connectivity index (χ3v) is 3.28. The second-order valence-electron chi connectivity index (χ2n) is 5.00. The summed E-state index contributed by atoms with van der Waals surface area (Å²) in [6.07, 6.45) is 0.206. The van der Waals surface area contributed by atoms with E-state index in [1.165, 1.54) is 30.3 Å². The van der Waals surface area contributed by atoms with Crippen molar-refractivity contribution in [3.63, 3.8) is 0 Å². The highest BCUT2D eigenvalue weighted by atomic mass is 19.1. The van der Waals surface area contributed by atoms with Crippen LogP contribution in [0.1, 0.15) is 18.1 Å². The molecule has 3 N–H and O–H groups in total. The summed E-state index contributed by atoms with van der Waals surface area (Å²) < 4.78 is 27.1. The van der Waals surface area contributed by atoms with Crippen LogP contribution in [0.2, 0.25) is 0 Å². The zero-order valence-corrected chi connectivity index (χ0v) is 11.6. The average molecular weight is 293 g/mol. The van der Waals surface area contributed by atoms with Gasteiger partial charge in [0.05, 0.1) is 0 Å². The summed E-state index contributed by atoms with van der Waals surface area (Å²) in [5.41, 5.74) is 0.654. The van der Waals surface area contributed by atoms with Crippen LogP contribution in [0.4, 0.5) is 8.78 Å². The number of aromatic hydroxyl groups is 2. The van der Waals surface area contributed by atoms with Crippen molar-refractivity contribution in [1.29, 1.82) is 0 Å². The van der Waals surface area contributed by atoms with E-state index in [0.717, 1.165) is 0 Å². The van der Waals surface area contributed by atoms with Crippen molar-refractivity contribution in [1.82, 2.24) is 5.32 Å². The second-order valence-corrected chi connectivity index (χ2v) is 5.00. The SMILES string of the molecule is CC(Cc1c(F)cccc1F)NCc1ccc(O)cc1O. The topological polar surface area (TPSA) is 52.5 Å². The summed E-state index contributed by atoms with van der Waals surface area (Å²) in [5, 5.41) is 22.0. The molecule has 2 aromatic rings. The van der Waals surface area contributed by atoms with E-state index in [1.807, 2.05) is 6.92 Å². The molecule has 21 heavy (non-hydrogen) atoms. The van der Waals surface area contributed by atoms with E-state index in [9.17, 15) is 19.0 Å². The predicted molar refractivity (Wildman–Crippen MR) is 76.1 cm³/mol. The molecule has 0 heterocycles. The largest absolute Gasteiger partial charge is 0.508 e. The summed E-state index contributed by atoms with van der Waals surface area (Å²) in [6.45, 7) is 2.15. The first kappa shape index (κ1) is 15.3. The van der Waals surface area contributed by atoms with Gasteiger partial charge in [-0.3, -0.25) is 0 Å². The molecule has 0 saturated carbocycles. The fraction of sp³-hybridized carbons (Fsp3) is 0.250. The Morgan fingerprint density at radius 2 is 1.76 bits per heavy atom. The van der Waals surface area contributed by atoms with E-state index in [2.05, 4.69) is 5.32 Å². The van der Waals surface area contributed by atoms with Gasteiger partial charge in [0.15, 0.2) is 0 Å². The Morgan fingerprint density at radius 1 is 1.10 bits per heavy atom. The van der Waals surface area contributed by atoms with Crippen LogP contribution in [0, 0.1) is 11.6 Å². The zero-order chi connectivity index (χ0) is 15.4. The lowest BCUT2D eigenvalue weighted by Crippen LogP contribution is -2.28. The Balaban J connectivity index is 1.97. The molecule has 2 rings (SSSR count). The van der Waals surface area contributed by atoms with E-state index in [1.54, 1.807) is 6.07 Å². The molecule has 112 valence electrons. The molecular weight excluding hydrogens is 276 g/mol. The minimum Gasteiger partial charge on any atom is -0.508 e. The Labute approximate surface area is 121 Å². The Bertz CT molecular complexity index is 611. The van der Waals surface area contributed by atoms with Crippen molar-refractivity contribution in [2.45, 2.75) is 25.9 Å². The molecule has 0 aromatic heterocycles. The Morgan fingerprint density at radius 3 is 2.38 bits per heavy atom. The second kappa shape index (κ2) is 6.54. The van der Waals surface area contributed by atoms with Crippen LogP contribution >= 0.6 is 0 Å². The van der Waals surface area contributed by atoms with Crippen LogP contribution in [0.25, 0.3) is 0 Å². The Kier molecular flexibility index (Phi) is 4.75. The Hall–Kier alpha value is -2.14. The highest BCUT2D eigenvalue weighted by molar-refractivity contribution is 5.38. The average Bonchev–Trinajstić information content (AvgIpc) is 2.42. The molecule has 0 bridgehead atoms. The van der Waals surface area contributed by atoms with Crippen molar-refractivity contribution in [3.8, 4) is 11.5 Å². The molecule has 0 aliphatic carbocycles. The third-order valence-electron chi connectivity index (χ3n) is 3.28. The van der Waals surface area contributed by atoms with Gasteiger partial charge < -0.3 is 15.5 Å². The summed E-state index contributed by atoms with van der Waals surface area (Å²) >= 11 is 0. The third kappa shape index (κ3) is 3.92. The van der Waals surface area contributed by atoms with Crippen molar-refractivity contribution >= 4 is 0 Å². The zero-order valence-electron chi connectivity index (χ0n) is 11.6. The standard InChI is InChI=1S/C16H17F2NO2/c1-10(7-13-14(17)3-2-4-15(13)18)19-9-11-5-6-12(20)8-16(11)21/h2-6,8,10,19-21H,7,9H2,1H3. The molecule has 3 nitrogen and oxygen atoms in total. The van der Waals surface area contributed by atoms with Gasteiger partial charge in [-0.05, 0) is 31.5 Å². The number of nitrogens with one attached hydrogen (secondary N) is 1. The lowest BCUT2D eigenvalue weighted by molar-refractivity contribution is 0.439. The molecule has 1 unspecified atom stereocenters. The summed E-state index contributed by atoms with van der Waals surface area (Å²) in [7, 11) is 0. The number of rotatable bonds is 5. The minimum absolute atomic E-state index is 0.0160. The molecule has 0 aliphatic heterocycles. The molecular formula is C16H17F2NO2. The van der Waals surface area contributed by atoms with Crippen LogP contribution in [0.5, 0.6) is 11.5 Å². The maximum atomic E-state index is 13.5. The van der Waals surface area contributed by atoms with E-state index in [-0.39, 0.29) is 29.5 Å². The number of halogens is 2. The molecule has 1 atom stereocenters. The molecule has 0 aliphatic rings. The fourth-order valence-corrected chi connectivity index (χ4v) is 2.09. The number of phenols is 2. The predicted octanol–water partition coefficient (Wildman–Crippen LogP) is 3.10. The van der Waals surface area contributed by atoms with E-state index >= 15 is 0 Å². The van der Waals surface area contributed by atoms with Gasteiger partial charge in [0.25, 0.3) is 0 Å². The van der Waals surface area contributed by atoms with Gasteiger partial charge in [-0.1, -0.05) is 12.1 Å². The molecule has 5 heteroatoms. The van der Waals surface area contributed by atoms with Crippen LogP contribution in [-0.2, 0) is 13.0 Å². The van der Waals surface area contributed by atoms with E-state index in [0.29, 0.717) is 12.1 Å². The van der Waals surface area contributed by atoms with Crippen LogP contribution in [0.15, 0.2) is 36.4 Å². The first-order valence-electron chi connectivity index (χ1n) is 6.64. The van der Waals surface area contributed by atoms with Gasteiger partial charge in [0.1, 0.15) is 23.1 Å². The quantitative estimate of drug-likeness (QED) is 0.794. The van der Waals surface area contributed by atoms with Crippen molar-refractivity contribution in [3.05, 3.63) is 59.2 Å². The smallest absolute Gasteiger partial charge is 0.129 e. The summed E-state index contributed by atoms with van der Waals surface area (Å²) in [5.74, 6) is -1.16. The molecule has 2 aromatic carbocycles. The monoisotopic (exact) mass is 293 g/mol. The lowest BCUT2D eigenvalue weighted by atomic mass is 10.1. The summed E-state index contributed by atoms with van der Waals surface area (Å²) in [4.78, 5) is 0. The van der Waals surface area contributed by atoms with Crippen molar-refractivity contribution < 1.29 is 19.0 Å². The number of benzene rings is 2. The van der Waals surface area contributed by atoms with Crippen LogP contribution < -0.4 is 5.32 Å². The van der Waals surface area contributed by atoms with Crippen molar-refractivity contribution in [2.24, 2.45) is 0 Å². The number of hydrogen-bond acceptors (Lipinski definition) is 3.